The molecule has 0 bridgehead atoms. The molecule has 12 nitrogen and oxygen atoms in total. The summed E-state index contributed by atoms with van der Waals surface area (Å²) in [5.74, 6) is 1.59. The number of rotatable bonds is 8. The molecule has 1 atom stereocenters. The minimum Gasteiger partial charge on any atom is -0.394 e. The summed E-state index contributed by atoms with van der Waals surface area (Å²) in [5.41, 5.74) is 2.69. The summed E-state index contributed by atoms with van der Waals surface area (Å²) in [5, 5.41) is 20.8. The molecule has 0 spiro atoms. The lowest BCUT2D eigenvalue weighted by atomic mass is 10.00. The van der Waals surface area contributed by atoms with Crippen molar-refractivity contribution >= 4 is 23.5 Å². The van der Waals surface area contributed by atoms with Gasteiger partial charge >= 0.3 is 0 Å². The van der Waals surface area contributed by atoms with E-state index in [1.54, 1.807) is 48.7 Å². The molecule has 0 radical (unpaired) electrons. The van der Waals surface area contributed by atoms with Gasteiger partial charge in [-0.2, -0.15) is 9.97 Å². The number of carbonyl (C=O) groups is 1. The van der Waals surface area contributed by atoms with E-state index in [-0.39, 0.29) is 24.4 Å². The maximum atomic E-state index is 12.6. The lowest BCUT2D eigenvalue weighted by Crippen LogP contribution is -2.35. The van der Waals surface area contributed by atoms with E-state index in [0.29, 0.717) is 39.8 Å². The number of nitrogens with zero attached hydrogens (tertiary/aromatic N) is 7. The van der Waals surface area contributed by atoms with Crippen molar-refractivity contribution in [2.24, 2.45) is 0 Å². The van der Waals surface area contributed by atoms with Crippen LogP contribution in [0.1, 0.15) is 41.5 Å². The Morgan fingerprint density at radius 3 is 2.59 bits per heavy atom. The van der Waals surface area contributed by atoms with Crippen LogP contribution in [0.25, 0.3) is 22.8 Å². The molecule has 1 amide bonds. The van der Waals surface area contributed by atoms with Gasteiger partial charge in [0, 0.05) is 31.2 Å². The van der Waals surface area contributed by atoms with Crippen molar-refractivity contribution in [1.29, 1.82) is 0 Å². The maximum Gasteiger partial charge on any atom is 0.263 e. The Bertz CT molecular complexity index is 1710. The third-order valence-electron chi connectivity index (χ3n) is 7.15. The first-order valence-electron chi connectivity index (χ1n) is 13.0. The number of carbonyl (C=O) groups excluding carboxylic acids is 1. The van der Waals surface area contributed by atoms with Gasteiger partial charge in [-0.25, -0.2) is 9.97 Å². The standard InChI is InChI=1S/C29H27N9O3/c1-29(2)23-19(27(40)38(29)3)11-12-22(33-23)34-28-31-15-20(26-35-24(37-41-26)18-10-7-13-30-14-18)25(36-28)32-21(16-39)17-8-5-4-6-9-17/h4-15,21,39H,16H2,1-3H3,(H2,31,32,33,34,36)/t21-/m1/s1. The molecular weight excluding hydrogens is 522 g/mol. The minimum absolute atomic E-state index is 0.0719. The smallest absolute Gasteiger partial charge is 0.263 e. The van der Waals surface area contributed by atoms with Crippen LogP contribution < -0.4 is 10.6 Å². The van der Waals surface area contributed by atoms with Gasteiger partial charge in [-0.05, 0) is 43.7 Å². The number of hydrogen-bond donors (Lipinski definition) is 3. The number of hydrogen-bond acceptors (Lipinski definition) is 11. The van der Waals surface area contributed by atoms with Gasteiger partial charge in [-0.3, -0.25) is 9.78 Å². The molecule has 5 aromatic rings. The van der Waals surface area contributed by atoms with Crippen LogP contribution in [0.15, 0.2) is 77.7 Å². The van der Waals surface area contributed by atoms with E-state index in [1.165, 1.54) is 0 Å². The molecule has 5 heterocycles. The Hall–Kier alpha value is -5.23. The first-order valence-corrected chi connectivity index (χ1v) is 13.0. The molecule has 4 aromatic heterocycles. The molecular formula is C29H27N9O3. The number of nitrogens with one attached hydrogen (secondary N) is 2. The summed E-state index contributed by atoms with van der Waals surface area (Å²) < 4.78 is 5.58. The molecule has 1 aliphatic heterocycles. The molecule has 3 N–H and O–H groups in total. The van der Waals surface area contributed by atoms with Gasteiger partial charge in [0.1, 0.15) is 17.2 Å². The highest BCUT2D eigenvalue weighted by atomic mass is 16.5. The molecule has 41 heavy (non-hydrogen) atoms. The Balaban J connectivity index is 1.36. The fourth-order valence-corrected chi connectivity index (χ4v) is 4.61. The number of aliphatic hydroxyl groups excluding tert-OH is 1. The summed E-state index contributed by atoms with van der Waals surface area (Å²) in [6, 6.07) is 16.1. The minimum atomic E-state index is -0.560. The van der Waals surface area contributed by atoms with Crippen molar-refractivity contribution in [2.75, 3.05) is 24.3 Å². The van der Waals surface area contributed by atoms with Crippen LogP contribution in [-0.4, -0.2) is 59.6 Å². The average Bonchev–Trinajstić information content (AvgIpc) is 3.55. The number of fused-ring (bicyclic) bond motifs is 1. The van der Waals surface area contributed by atoms with Gasteiger partial charge in [-0.1, -0.05) is 35.5 Å². The predicted octanol–water partition coefficient (Wildman–Crippen LogP) is 4.19. The second-order valence-corrected chi connectivity index (χ2v) is 10.1. The number of aliphatic hydroxyl groups is 1. The molecule has 0 aliphatic carbocycles. The van der Waals surface area contributed by atoms with Gasteiger partial charge in [0.25, 0.3) is 11.8 Å². The second kappa shape index (κ2) is 10.4. The van der Waals surface area contributed by atoms with Crippen molar-refractivity contribution in [3.05, 3.63) is 90.0 Å². The Morgan fingerprint density at radius 1 is 1.00 bits per heavy atom. The Kier molecular flexibility index (Phi) is 6.59. The van der Waals surface area contributed by atoms with E-state index in [0.717, 1.165) is 5.56 Å². The maximum absolute atomic E-state index is 12.6. The molecule has 1 aromatic carbocycles. The van der Waals surface area contributed by atoms with Gasteiger partial charge in [0.15, 0.2) is 0 Å². The third-order valence-corrected chi connectivity index (χ3v) is 7.15. The van der Waals surface area contributed by atoms with Gasteiger partial charge < -0.3 is 25.2 Å². The normalized spacial score (nSPS) is 14.5. The summed E-state index contributed by atoms with van der Waals surface area (Å²) in [4.78, 5) is 36.8. The highest BCUT2D eigenvalue weighted by Crippen LogP contribution is 2.37. The van der Waals surface area contributed by atoms with Gasteiger partial charge in [0.2, 0.25) is 11.8 Å². The van der Waals surface area contributed by atoms with E-state index < -0.39 is 11.6 Å². The van der Waals surface area contributed by atoms with Gasteiger partial charge in [-0.15, -0.1) is 0 Å². The van der Waals surface area contributed by atoms with Crippen molar-refractivity contribution < 1.29 is 14.4 Å². The fourth-order valence-electron chi connectivity index (χ4n) is 4.61. The van der Waals surface area contributed by atoms with Crippen molar-refractivity contribution in [3.8, 4) is 22.8 Å². The van der Waals surface area contributed by atoms with Crippen molar-refractivity contribution in [1.82, 2.24) is 35.0 Å². The van der Waals surface area contributed by atoms with Crippen LogP contribution in [0.4, 0.5) is 17.6 Å². The molecule has 6 rings (SSSR count). The van der Waals surface area contributed by atoms with Crippen LogP contribution in [0, 0.1) is 0 Å². The van der Waals surface area contributed by atoms with Crippen molar-refractivity contribution in [2.45, 2.75) is 25.4 Å². The van der Waals surface area contributed by atoms with Crippen LogP contribution >= 0.6 is 0 Å². The predicted molar refractivity (Wildman–Crippen MR) is 151 cm³/mol. The van der Waals surface area contributed by atoms with Crippen LogP contribution in [-0.2, 0) is 5.54 Å². The van der Waals surface area contributed by atoms with E-state index >= 15 is 0 Å². The highest BCUT2D eigenvalue weighted by Gasteiger charge is 2.42. The second-order valence-electron chi connectivity index (χ2n) is 10.1. The Morgan fingerprint density at radius 2 is 1.83 bits per heavy atom. The summed E-state index contributed by atoms with van der Waals surface area (Å²) in [7, 11) is 1.76. The van der Waals surface area contributed by atoms with E-state index in [1.807, 2.05) is 50.2 Å². The van der Waals surface area contributed by atoms with E-state index in [2.05, 4.69) is 30.7 Å². The van der Waals surface area contributed by atoms with Crippen LogP contribution in [0.2, 0.25) is 0 Å². The first kappa shape index (κ1) is 26.0. The number of benzene rings is 1. The highest BCUT2D eigenvalue weighted by molar-refractivity contribution is 5.99. The summed E-state index contributed by atoms with van der Waals surface area (Å²) >= 11 is 0. The zero-order valence-corrected chi connectivity index (χ0v) is 22.6. The first-order chi connectivity index (χ1) is 19.8. The quantitative estimate of drug-likeness (QED) is 0.255. The zero-order valence-electron chi connectivity index (χ0n) is 22.6. The number of aromatic nitrogens is 6. The number of anilines is 3. The molecule has 12 heteroatoms. The van der Waals surface area contributed by atoms with Gasteiger partial charge in [0.05, 0.1) is 29.4 Å². The van der Waals surface area contributed by atoms with Crippen LogP contribution in [0.3, 0.4) is 0 Å². The number of amides is 1. The Labute approximate surface area is 235 Å². The fraction of sp³-hybridized carbons (Fsp3) is 0.207. The topological polar surface area (TPSA) is 155 Å². The molecule has 206 valence electrons. The van der Waals surface area contributed by atoms with E-state index in [9.17, 15) is 9.90 Å². The molecule has 0 saturated carbocycles. The molecule has 1 aliphatic rings. The lowest BCUT2D eigenvalue weighted by Gasteiger charge is -2.27. The third kappa shape index (κ3) is 4.85. The SMILES string of the molecule is CN1C(=O)c2ccc(Nc3ncc(-c4nc(-c5cccnc5)no4)c(N[C@H](CO)c4ccccc4)n3)nc2C1(C)C. The van der Waals surface area contributed by atoms with Crippen LogP contribution in [0.5, 0.6) is 0 Å². The lowest BCUT2D eigenvalue weighted by molar-refractivity contribution is 0.0688. The van der Waals surface area contributed by atoms with E-state index in [4.69, 9.17) is 14.5 Å². The molecule has 0 fully saturated rings. The molecule has 0 unspecified atom stereocenters. The number of pyridine rings is 2. The average molecular weight is 550 g/mol. The summed E-state index contributed by atoms with van der Waals surface area (Å²) in [6.45, 7) is 3.71. The van der Waals surface area contributed by atoms with Crippen molar-refractivity contribution in [3.63, 3.8) is 0 Å². The largest absolute Gasteiger partial charge is 0.394 e. The monoisotopic (exact) mass is 549 g/mol. The summed E-state index contributed by atoms with van der Waals surface area (Å²) in [6.07, 6.45) is 4.87. The zero-order chi connectivity index (χ0) is 28.6. The molecule has 0 saturated heterocycles.